The van der Waals surface area contributed by atoms with Gasteiger partial charge in [0.15, 0.2) is 0 Å². The summed E-state index contributed by atoms with van der Waals surface area (Å²) in [5.41, 5.74) is -0.134. The Kier molecular flexibility index (Phi) is 6.12. The number of ether oxygens (including phenoxy) is 1. The molecular formula is C14H23NO3. The third-order valence-corrected chi connectivity index (χ3v) is 2.77. The zero-order valence-corrected chi connectivity index (χ0v) is 11.1. The standard InChI is InChI=1S/C14H23NO3/c1-14(2,15-10-12(17)11-16)8-9-18-13-6-4-3-5-7-13/h3-7,12,15-17H,8-11H2,1-2H3/t12-/m1/s1. The monoisotopic (exact) mass is 253 g/mol. The minimum atomic E-state index is -0.709. The minimum Gasteiger partial charge on any atom is -0.494 e. The van der Waals surface area contributed by atoms with Crippen LogP contribution in [0.1, 0.15) is 20.3 Å². The Balaban J connectivity index is 2.24. The van der Waals surface area contributed by atoms with E-state index < -0.39 is 6.10 Å². The number of hydrogen-bond donors (Lipinski definition) is 3. The lowest BCUT2D eigenvalue weighted by Crippen LogP contribution is -2.45. The third-order valence-electron chi connectivity index (χ3n) is 2.77. The number of para-hydroxylation sites is 1. The fraction of sp³-hybridized carbons (Fsp3) is 0.571. The third kappa shape index (κ3) is 6.00. The van der Waals surface area contributed by atoms with Gasteiger partial charge in [0.1, 0.15) is 5.75 Å². The Morgan fingerprint density at radius 1 is 1.28 bits per heavy atom. The van der Waals surface area contributed by atoms with Gasteiger partial charge in [-0.2, -0.15) is 0 Å². The molecule has 0 aliphatic carbocycles. The lowest BCUT2D eigenvalue weighted by molar-refractivity contribution is 0.0858. The Morgan fingerprint density at radius 2 is 1.94 bits per heavy atom. The molecule has 0 saturated carbocycles. The number of aliphatic hydroxyl groups is 2. The van der Waals surface area contributed by atoms with E-state index in [1.165, 1.54) is 0 Å². The van der Waals surface area contributed by atoms with E-state index in [1.54, 1.807) is 0 Å². The van der Waals surface area contributed by atoms with Crippen molar-refractivity contribution in [3.63, 3.8) is 0 Å². The smallest absolute Gasteiger partial charge is 0.119 e. The molecule has 1 aromatic carbocycles. The van der Waals surface area contributed by atoms with Gasteiger partial charge in [0, 0.05) is 12.1 Å². The largest absolute Gasteiger partial charge is 0.494 e. The van der Waals surface area contributed by atoms with Crippen LogP contribution in [0.25, 0.3) is 0 Å². The van der Waals surface area contributed by atoms with E-state index in [4.69, 9.17) is 9.84 Å². The molecule has 0 saturated heterocycles. The second-order valence-corrected chi connectivity index (χ2v) is 5.01. The summed E-state index contributed by atoms with van der Waals surface area (Å²) in [7, 11) is 0. The number of β-amino-alcohol motifs (C(OH)–C–C–N with tert-alkyl or cyclic N) is 1. The first-order valence-corrected chi connectivity index (χ1v) is 6.25. The van der Waals surface area contributed by atoms with Crippen molar-refractivity contribution in [2.45, 2.75) is 31.9 Å². The van der Waals surface area contributed by atoms with Gasteiger partial charge in [0.2, 0.25) is 0 Å². The van der Waals surface area contributed by atoms with Crippen LogP contribution in [0.2, 0.25) is 0 Å². The molecule has 0 heterocycles. The van der Waals surface area contributed by atoms with Crippen LogP contribution in [-0.2, 0) is 0 Å². The SMILES string of the molecule is CC(C)(CCOc1ccccc1)NC[C@@H](O)CO. The molecule has 0 fully saturated rings. The van der Waals surface area contributed by atoms with E-state index >= 15 is 0 Å². The molecule has 1 aromatic rings. The topological polar surface area (TPSA) is 61.7 Å². The summed E-state index contributed by atoms with van der Waals surface area (Å²) in [5, 5.41) is 21.2. The molecule has 1 atom stereocenters. The van der Waals surface area contributed by atoms with Crippen molar-refractivity contribution >= 4 is 0 Å². The van der Waals surface area contributed by atoms with Crippen molar-refractivity contribution in [1.29, 1.82) is 0 Å². The summed E-state index contributed by atoms with van der Waals surface area (Å²) < 4.78 is 5.62. The Bertz CT molecular complexity index is 327. The summed E-state index contributed by atoms with van der Waals surface area (Å²) >= 11 is 0. The Hall–Kier alpha value is -1.10. The van der Waals surface area contributed by atoms with E-state index in [9.17, 15) is 5.11 Å². The first-order chi connectivity index (χ1) is 8.53. The zero-order valence-electron chi connectivity index (χ0n) is 11.1. The first kappa shape index (κ1) is 15.0. The molecule has 0 aromatic heterocycles. The number of nitrogens with one attached hydrogen (secondary N) is 1. The van der Waals surface area contributed by atoms with Crippen molar-refractivity contribution in [3.8, 4) is 5.75 Å². The highest BCUT2D eigenvalue weighted by molar-refractivity contribution is 5.20. The molecule has 0 aliphatic rings. The van der Waals surface area contributed by atoms with Crippen molar-refractivity contribution in [3.05, 3.63) is 30.3 Å². The number of aliphatic hydroxyl groups excluding tert-OH is 2. The molecule has 0 spiro atoms. The maximum Gasteiger partial charge on any atom is 0.119 e. The van der Waals surface area contributed by atoms with Gasteiger partial charge in [-0.05, 0) is 32.4 Å². The summed E-state index contributed by atoms with van der Waals surface area (Å²) in [4.78, 5) is 0. The van der Waals surface area contributed by atoms with Crippen LogP contribution in [-0.4, -0.2) is 41.6 Å². The second kappa shape index (κ2) is 7.36. The van der Waals surface area contributed by atoms with Crippen LogP contribution >= 0.6 is 0 Å². The van der Waals surface area contributed by atoms with Crippen LogP contribution in [0, 0.1) is 0 Å². The molecule has 18 heavy (non-hydrogen) atoms. The molecule has 0 radical (unpaired) electrons. The molecule has 1 rings (SSSR count). The highest BCUT2D eigenvalue weighted by Gasteiger charge is 2.18. The van der Waals surface area contributed by atoms with E-state index in [0.29, 0.717) is 13.2 Å². The van der Waals surface area contributed by atoms with Gasteiger partial charge < -0.3 is 20.3 Å². The van der Waals surface area contributed by atoms with Gasteiger partial charge in [-0.3, -0.25) is 0 Å². The summed E-state index contributed by atoms with van der Waals surface area (Å²) in [6.45, 7) is 4.87. The molecule has 0 unspecified atom stereocenters. The van der Waals surface area contributed by atoms with E-state index in [-0.39, 0.29) is 12.1 Å². The number of rotatable bonds is 8. The van der Waals surface area contributed by atoms with Crippen molar-refractivity contribution in [2.75, 3.05) is 19.8 Å². The highest BCUT2D eigenvalue weighted by Crippen LogP contribution is 2.12. The van der Waals surface area contributed by atoms with Crippen molar-refractivity contribution in [2.24, 2.45) is 0 Å². The predicted molar refractivity (Wildman–Crippen MR) is 71.7 cm³/mol. The van der Waals surface area contributed by atoms with Crippen LogP contribution in [0.4, 0.5) is 0 Å². The van der Waals surface area contributed by atoms with Crippen molar-refractivity contribution in [1.82, 2.24) is 5.32 Å². The van der Waals surface area contributed by atoms with Crippen LogP contribution < -0.4 is 10.1 Å². The molecule has 102 valence electrons. The maximum absolute atomic E-state index is 9.28. The van der Waals surface area contributed by atoms with E-state index in [1.807, 2.05) is 44.2 Å². The molecule has 0 aliphatic heterocycles. The Labute approximate surface area is 109 Å². The van der Waals surface area contributed by atoms with Gasteiger partial charge in [-0.25, -0.2) is 0 Å². The first-order valence-electron chi connectivity index (χ1n) is 6.25. The molecule has 0 bridgehead atoms. The van der Waals surface area contributed by atoms with Gasteiger partial charge in [-0.15, -0.1) is 0 Å². The van der Waals surface area contributed by atoms with E-state index in [2.05, 4.69) is 5.32 Å². The fourth-order valence-corrected chi connectivity index (χ4v) is 1.49. The molecule has 4 heteroatoms. The van der Waals surface area contributed by atoms with Crippen LogP contribution in [0.15, 0.2) is 30.3 Å². The maximum atomic E-state index is 9.28. The normalized spacial score (nSPS) is 13.3. The quantitative estimate of drug-likeness (QED) is 0.651. The van der Waals surface area contributed by atoms with Crippen LogP contribution in [0.3, 0.4) is 0 Å². The minimum absolute atomic E-state index is 0.134. The molecule has 0 amide bonds. The van der Waals surface area contributed by atoms with Gasteiger partial charge in [0.25, 0.3) is 0 Å². The van der Waals surface area contributed by atoms with Crippen molar-refractivity contribution < 1.29 is 14.9 Å². The number of benzene rings is 1. The lowest BCUT2D eigenvalue weighted by Gasteiger charge is -2.27. The average molecular weight is 253 g/mol. The van der Waals surface area contributed by atoms with Gasteiger partial charge >= 0.3 is 0 Å². The van der Waals surface area contributed by atoms with Gasteiger partial charge in [-0.1, -0.05) is 18.2 Å². The Morgan fingerprint density at radius 3 is 2.56 bits per heavy atom. The fourth-order valence-electron chi connectivity index (χ4n) is 1.49. The van der Waals surface area contributed by atoms with Gasteiger partial charge in [0.05, 0.1) is 19.3 Å². The summed E-state index contributed by atoms with van der Waals surface area (Å²) in [6.07, 6.45) is 0.111. The lowest BCUT2D eigenvalue weighted by atomic mass is 10.0. The summed E-state index contributed by atoms with van der Waals surface area (Å²) in [6, 6.07) is 9.69. The second-order valence-electron chi connectivity index (χ2n) is 5.01. The predicted octanol–water partition coefficient (Wildman–Crippen LogP) is 1.18. The molecular weight excluding hydrogens is 230 g/mol. The number of hydrogen-bond acceptors (Lipinski definition) is 4. The summed E-state index contributed by atoms with van der Waals surface area (Å²) in [5.74, 6) is 0.865. The van der Waals surface area contributed by atoms with E-state index in [0.717, 1.165) is 12.2 Å². The highest BCUT2D eigenvalue weighted by atomic mass is 16.5. The molecule has 4 nitrogen and oxygen atoms in total. The van der Waals surface area contributed by atoms with Crippen LogP contribution in [0.5, 0.6) is 5.75 Å². The zero-order chi connectivity index (χ0) is 13.4. The molecule has 3 N–H and O–H groups in total. The average Bonchev–Trinajstić information content (AvgIpc) is 2.37.